The van der Waals surface area contributed by atoms with Crippen molar-refractivity contribution in [1.29, 1.82) is 0 Å². The molecule has 0 fully saturated rings. The molecule has 5 N–H and O–H groups in total. The second-order valence-corrected chi connectivity index (χ2v) is 8.21. The molecule has 33 heavy (non-hydrogen) atoms. The standard InChI is InChI=1S/C22H23Cl2N5O4/c23-15-7-13(8-16(24)11-15)9-18(21(32)33)29-19(30)12-27-20(31)14-3-1-4-17(10-14)28-22-25-5-2-6-26-22/h1,3-4,7-8,10-11,18H,2,5-6,9,12H2,(H,27,31)(H,29,30)(H,32,33)(H2,25,26,28). The Morgan fingerprint density at radius 2 is 1.88 bits per heavy atom. The van der Waals surface area contributed by atoms with Gasteiger partial charge in [0.1, 0.15) is 6.04 Å². The number of halogens is 2. The molecule has 0 bridgehead atoms. The highest BCUT2D eigenvalue weighted by Crippen LogP contribution is 2.20. The minimum absolute atomic E-state index is 0.0130. The Morgan fingerprint density at radius 3 is 2.55 bits per heavy atom. The van der Waals surface area contributed by atoms with Crippen LogP contribution >= 0.6 is 23.2 Å². The lowest BCUT2D eigenvalue weighted by molar-refractivity contribution is -0.141. The van der Waals surface area contributed by atoms with Crippen molar-refractivity contribution in [3.8, 4) is 0 Å². The van der Waals surface area contributed by atoms with Crippen molar-refractivity contribution in [3.63, 3.8) is 0 Å². The van der Waals surface area contributed by atoms with Crippen LogP contribution in [0.25, 0.3) is 0 Å². The monoisotopic (exact) mass is 491 g/mol. The van der Waals surface area contributed by atoms with Crippen molar-refractivity contribution in [2.75, 3.05) is 25.0 Å². The van der Waals surface area contributed by atoms with Crippen LogP contribution in [0.15, 0.2) is 47.5 Å². The largest absolute Gasteiger partial charge is 0.480 e. The van der Waals surface area contributed by atoms with E-state index in [4.69, 9.17) is 23.2 Å². The number of aliphatic carboxylic acids is 1. The van der Waals surface area contributed by atoms with Gasteiger partial charge in [0.05, 0.1) is 6.54 Å². The maximum atomic E-state index is 12.5. The molecule has 3 rings (SSSR count). The van der Waals surface area contributed by atoms with E-state index >= 15 is 0 Å². The summed E-state index contributed by atoms with van der Waals surface area (Å²) in [5.74, 6) is -1.69. The molecule has 0 spiro atoms. The zero-order valence-electron chi connectivity index (χ0n) is 17.5. The number of amides is 2. The summed E-state index contributed by atoms with van der Waals surface area (Å²) < 4.78 is 0. The number of carboxylic acids is 1. The van der Waals surface area contributed by atoms with E-state index < -0.39 is 23.8 Å². The molecular weight excluding hydrogens is 469 g/mol. The zero-order chi connectivity index (χ0) is 23.8. The molecule has 0 aromatic heterocycles. The summed E-state index contributed by atoms with van der Waals surface area (Å²) in [4.78, 5) is 40.6. The Kier molecular flexibility index (Phi) is 8.51. The maximum absolute atomic E-state index is 12.5. The highest BCUT2D eigenvalue weighted by atomic mass is 35.5. The van der Waals surface area contributed by atoms with Gasteiger partial charge in [-0.05, 0) is 48.4 Å². The minimum Gasteiger partial charge on any atom is -0.480 e. The van der Waals surface area contributed by atoms with Gasteiger partial charge in [-0.2, -0.15) is 0 Å². The molecule has 2 aromatic carbocycles. The number of hydrogen-bond acceptors (Lipinski definition) is 6. The quantitative estimate of drug-likeness (QED) is 0.384. The first kappa shape index (κ1) is 24.3. The van der Waals surface area contributed by atoms with Crippen LogP contribution in [0.4, 0.5) is 5.69 Å². The van der Waals surface area contributed by atoms with Gasteiger partial charge < -0.3 is 26.4 Å². The van der Waals surface area contributed by atoms with E-state index in [1.165, 1.54) is 6.07 Å². The number of anilines is 1. The number of rotatable bonds is 8. The van der Waals surface area contributed by atoms with Crippen LogP contribution in [0.2, 0.25) is 10.0 Å². The molecule has 11 heteroatoms. The lowest BCUT2D eigenvalue weighted by atomic mass is 10.1. The van der Waals surface area contributed by atoms with Crippen molar-refractivity contribution in [2.24, 2.45) is 4.99 Å². The van der Waals surface area contributed by atoms with E-state index in [-0.39, 0.29) is 13.0 Å². The van der Waals surface area contributed by atoms with E-state index in [0.717, 1.165) is 19.5 Å². The Bertz CT molecular complexity index is 1060. The fraction of sp³-hybridized carbons (Fsp3) is 0.273. The third kappa shape index (κ3) is 7.65. The van der Waals surface area contributed by atoms with Gasteiger partial charge in [-0.3, -0.25) is 14.6 Å². The van der Waals surface area contributed by atoms with Gasteiger partial charge in [0.25, 0.3) is 5.91 Å². The van der Waals surface area contributed by atoms with E-state index in [2.05, 4.69) is 26.3 Å². The molecule has 1 aliphatic rings. The first-order chi connectivity index (χ1) is 15.8. The second-order valence-electron chi connectivity index (χ2n) is 7.34. The van der Waals surface area contributed by atoms with Crippen LogP contribution in [0.3, 0.4) is 0 Å². The normalized spacial score (nSPS) is 13.8. The van der Waals surface area contributed by atoms with Gasteiger partial charge in [-0.1, -0.05) is 29.3 Å². The molecule has 0 saturated heterocycles. The van der Waals surface area contributed by atoms with Gasteiger partial charge in [0, 0.05) is 40.8 Å². The zero-order valence-corrected chi connectivity index (χ0v) is 19.0. The molecule has 1 heterocycles. The van der Waals surface area contributed by atoms with Crippen molar-refractivity contribution in [3.05, 3.63) is 63.6 Å². The van der Waals surface area contributed by atoms with Crippen LogP contribution in [0.5, 0.6) is 0 Å². The number of carboxylic acid groups (broad SMARTS) is 1. The fourth-order valence-electron chi connectivity index (χ4n) is 3.16. The summed E-state index contributed by atoms with van der Waals surface area (Å²) >= 11 is 11.9. The molecule has 2 amide bonds. The molecule has 174 valence electrons. The highest BCUT2D eigenvalue weighted by Gasteiger charge is 2.21. The molecule has 1 unspecified atom stereocenters. The smallest absolute Gasteiger partial charge is 0.326 e. The average Bonchev–Trinajstić information content (AvgIpc) is 2.77. The second kappa shape index (κ2) is 11.5. The molecule has 2 aromatic rings. The molecular formula is C22H23Cl2N5O4. The first-order valence-electron chi connectivity index (χ1n) is 10.2. The van der Waals surface area contributed by atoms with Crippen LogP contribution in [-0.2, 0) is 16.0 Å². The molecule has 0 radical (unpaired) electrons. The highest BCUT2D eigenvalue weighted by molar-refractivity contribution is 6.34. The molecule has 9 nitrogen and oxygen atoms in total. The summed E-state index contributed by atoms with van der Waals surface area (Å²) in [6.45, 7) is 1.17. The summed E-state index contributed by atoms with van der Waals surface area (Å²) in [5.41, 5.74) is 1.57. The number of nitrogens with one attached hydrogen (secondary N) is 4. The first-order valence-corrected chi connectivity index (χ1v) is 11.0. The summed E-state index contributed by atoms with van der Waals surface area (Å²) in [7, 11) is 0. The molecule has 1 atom stereocenters. The molecule has 0 saturated carbocycles. The average molecular weight is 492 g/mol. The number of guanidine groups is 1. The Labute approximate surface area is 200 Å². The van der Waals surface area contributed by atoms with Gasteiger partial charge in [0.2, 0.25) is 5.91 Å². The fourth-order valence-corrected chi connectivity index (χ4v) is 3.74. The number of hydrogen-bond donors (Lipinski definition) is 5. The van der Waals surface area contributed by atoms with E-state index in [1.807, 2.05) is 0 Å². The van der Waals surface area contributed by atoms with Crippen molar-refractivity contribution < 1.29 is 19.5 Å². The van der Waals surface area contributed by atoms with E-state index in [1.54, 1.807) is 36.4 Å². The topological polar surface area (TPSA) is 132 Å². The Morgan fingerprint density at radius 1 is 1.12 bits per heavy atom. The third-order valence-electron chi connectivity index (χ3n) is 4.69. The third-order valence-corrected chi connectivity index (χ3v) is 5.13. The van der Waals surface area contributed by atoms with E-state index in [9.17, 15) is 19.5 Å². The molecule has 1 aliphatic heterocycles. The van der Waals surface area contributed by atoms with Gasteiger partial charge >= 0.3 is 5.97 Å². The summed E-state index contributed by atoms with van der Waals surface area (Å²) in [5, 5.41) is 21.3. The molecule has 0 aliphatic carbocycles. The lowest BCUT2D eigenvalue weighted by Crippen LogP contribution is -2.46. The van der Waals surface area contributed by atoms with E-state index in [0.29, 0.717) is 32.8 Å². The number of carbonyl (C=O) groups excluding carboxylic acids is 2. The summed E-state index contributed by atoms with van der Waals surface area (Å²) in [6.07, 6.45) is 0.951. The Hall–Kier alpha value is -3.30. The number of benzene rings is 2. The lowest BCUT2D eigenvalue weighted by Gasteiger charge is -2.17. The van der Waals surface area contributed by atoms with Gasteiger partial charge in [-0.15, -0.1) is 0 Å². The van der Waals surface area contributed by atoms with Crippen molar-refractivity contribution in [2.45, 2.75) is 18.9 Å². The predicted octanol–water partition coefficient (Wildman–Crippen LogP) is 2.30. The SMILES string of the molecule is O=C(CNC(=O)c1cccc(NC2=NCCCN2)c1)NC(Cc1cc(Cl)cc(Cl)c1)C(=O)O. The van der Waals surface area contributed by atoms with Gasteiger partial charge in [0.15, 0.2) is 5.96 Å². The number of carbonyl (C=O) groups is 3. The van der Waals surface area contributed by atoms with Crippen LogP contribution in [0.1, 0.15) is 22.3 Å². The van der Waals surface area contributed by atoms with Crippen molar-refractivity contribution >= 4 is 52.6 Å². The van der Waals surface area contributed by atoms with Crippen LogP contribution in [-0.4, -0.2) is 54.5 Å². The summed E-state index contributed by atoms with van der Waals surface area (Å²) in [6, 6.07) is 10.2. The number of nitrogens with zero attached hydrogens (tertiary/aromatic N) is 1. The van der Waals surface area contributed by atoms with Crippen LogP contribution in [0, 0.1) is 0 Å². The predicted molar refractivity (Wildman–Crippen MR) is 127 cm³/mol. The van der Waals surface area contributed by atoms with Crippen LogP contribution < -0.4 is 21.3 Å². The maximum Gasteiger partial charge on any atom is 0.326 e. The number of aliphatic imine (C=N–C) groups is 1. The minimum atomic E-state index is -1.22. The van der Waals surface area contributed by atoms with Crippen molar-refractivity contribution in [1.82, 2.24) is 16.0 Å². The van der Waals surface area contributed by atoms with Gasteiger partial charge in [-0.25, -0.2) is 4.79 Å². The Balaban J connectivity index is 1.54.